The number of anilines is 1. The number of aryl methyl sites for hydroxylation is 3. The Balaban J connectivity index is 1.52. The quantitative estimate of drug-likeness (QED) is 0.720. The second-order valence-corrected chi connectivity index (χ2v) is 7.71. The third kappa shape index (κ3) is 4.78. The van der Waals surface area contributed by atoms with E-state index in [0.29, 0.717) is 6.04 Å². The van der Waals surface area contributed by atoms with Crippen LogP contribution >= 0.6 is 0 Å². The first-order valence-electron chi connectivity index (χ1n) is 10.0. The maximum atomic E-state index is 12.5. The van der Waals surface area contributed by atoms with Gasteiger partial charge in [0, 0.05) is 17.7 Å². The summed E-state index contributed by atoms with van der Waals surface area (Å²) in [6.45, 7) is 5.79. The number of benzene rings is 2. The van der Waals surface area contributed by atoms with Gasteiger partial charge in [0.15, 0.2) is 6.04 Å². The van der Waals surface area contributed by atoms with Gasteiger partial charge < -0.3 is 16.0 Å². The van der Waals surface area contributed by atoms with Gasteiger partial charge in [0.05, 0.1) is 6.54 Å². The van der Waals surface area contributed by atoms with Crippen LogP contribution in [0.3, 0.4) is 0 Å². The van der Waals surface area contributed by atoms with Crippen LogP contribution in [-0.2, 0) is 16.0 Å². The van der Waals surface area contributed by atoms with Crippen LogP contribution in [0.5, 0.6) is 0 Å². The summed E-state index contributed by atoms with van der Waals surface area (Å²) in [4.78, 5) is 24.8. The minimum atomic E-state index is -0.246. The molecule has 2 aromatic rings. The summed E-state index contributed by atoms with van der Waals surface area (Å²) in [5.41, 5.74) is 5.56. The molecule has 0 radical (unpaired) electrons. The first-order chi connectivity index (χ1) is 13.5. The number of para-hydroxylation sites is 1. The van der Waals surface area contributed by atoms with Crippen LogP contribution in [0.4, 0.5) is 5.69 Å². The van der Waals surface area contributed by atoms with Crippen molar-refractivity contribution in [1.82, 2.24) is 5.32 Å². The molecule has 5 heteroatoms. The molecule has 28 heavy (non-hydrogen) atoms. The van der Waals surface area contributed by atoms with Gasteiger partial charge in [0.25, 0.3) is 5.91 Å². The molecule has 0 aromatic heterocycles. The number of carbonyl (C=O) groups is 2. The molecule has 0 saturated carbocycles. The minimum absolute atomic E-state index is 0.0218. The van der Waals surface area contributed by atoms with Gasteiger partial charge in [-0.2, -0.15) is 0 Å². The van der Waals surface area contributed by atoms with Crippen LogP contribution in [0.15, 0.2) is 42.5 Å². The summed E-state index contributed by atoms with van der Waals surface area (Å²) in [5, 5.41) is 7.80. The SMILES string of the molecule is Cc1cccc(C)c1NC(=O)CNC(=O)[C@@H](C)[NH2+][C@@H]1CCCc2ccccc21. The molecular weight excluding hydrogens is 350 g/mol. The Morgan fingerprint density at radius 1 is 1.11 bits per heavy atom. The number of nitrogens with two attached hydrogens (primary N) is 1. The van der Waals surface area contributed by atoms with E-state index in [0.717, 1.165) is 36.1 Å². The molecule has 0 saturated heterocycles. The smallest absolute Gasteiger partial charge is 0.278 e. The zero-order chi connectivity index (χ0) is 20.1. The lowest BCUT2D eigenvalue weighted by Gasteiger charge is -2.26. The lowest BCUT2D eigenvalue weighted by atomic mass is 9.87. The Kier molecular flexibility index (Phi) is 6.47. The van der Waals surface area contributed by atoms with Crippen molar-refractivity contribution in [2.45, 2.75) is 52.1 Å². The van der Waals surface area contributed by atoms with E-state index >= 15 is 0 Å². The first kappa shape index (κ1) is 20.1. The molecule has 3 rings (SSSR count). The van der Waals surface area contributed by atoms with Crippen molar-refractivity contribution in [3.05, 3.63) is 64.7 Å². The second kappa shape index (κ2) is 9.02. The van der Waals surface area contributed by atoms with Gasteiger partial charge in [-0.3, -0.25) is 9.59 Å². The lowest BCUT2D eigenvalue weighted by Crippen LogP contribution is -2.92. The Morgan fingerprint density at radius 2 is 1.82 bits per heavy atom. The van der Waals surface area contributed by atoms with Crippen molar-refractivity contribution >= 4 is 17.5 Å². The van der Waals surface area contributed by atoms with Crippen molar-refractivity contribution in [2.75, 3.05) is 11.9 Å². The van der Waals surface area contributed by atoms with E-state index in [1.165, 1.54) is 11.1 Å². The largest absolute Gasteiger partial charge is 0.342 e. The van der Waals surface area contributed by atoms with Gasteiger partial charge in [-0.25, -0.2) is 0 Å². The molecule has 0 bridgehead atoms. The highest BCUT2D eigenvalue weighted by Gasteiger charge is 2.27. The molecule has 2 aromatic carbocycles. The fourth-order valence-electron chi connectivity index (χ4n) is 3.95. The van der Waals surface area contributed by atoms with Crippen LogP contribution in [-0.4, -0.2) is 24.4 Å². The molecule has 2 amide bonds. The molecule has 1 aliphatic rings. The van der Waals surface area contributed by atoms with Gasteiger partial charge in [0.1, 0.15) is 6.04 Å². The number of rotatable bonds is 6. The van der Waals surface area contributed by atoms with Crippen LogP contribution in [0.2, 0.25) is 0 Å². The topological polar surface area (TPSA) is 74.8 Å². The predicted molar refractivity (Wildman–Crippen MR) is 111 cm³/mol. The fourth-order valence-corrected chi connectivity index (χ4v) is 3.95. The van der Waals surface area contributed by atoms with E-state index in [1.807, 2.05) is 39.0 Å². The highest BCUT2D eigenvalue weighted by Crippen LogP contribution is 2.26. The van der Waals surface area contributed by atoms with Crippen LogP contribution in [0, 0.1) is 13.8 Å². The zero-order valence-electron chi connectivity index (χ0n) is 16.9. The summed E-state index contributed by atoms with van der Waals surface area (Å²) in [5.74, 6) is -0.319. The Morgan fingerprint density at radius 3 is 2.57 bits per heavy atom. The summed E-state index contributed by atoms with van der Waals surface area (Å²) in [7, 11) is 0. The van der Waals surface area contributed by atoms with Crippen molar-refractivity contribution in [1.29, 1.82) is 0 Å². The van der Waals surface area contributed by atoms with E-state index < -0.39 is 0 Å². The van der Waals surface area contributed by atoms with E-state index in [4.69, 9.17) is 0 Å². The number of nitrogens with one attached hydrogen (secondary N) is 2. The number of fused-ring (bicyclic) bond motifs is 1. The van der Waals surface area contributed by atoms with Crippen LogP contribution in [0.25, 0.3) is 0 Å². The molecular formula is C23H30N3O2+. The predicted octanol–water partition coefficient (Wildman–Crippen LogP) is 2.39. The average molecular weight is 381 g/mol. The van der Waals surface area contributed by atoms with Gasteiger partial charge >= 0.3 is 0 Å². The highest BCUT2D eigenvalue weighted by molar-refractivity contribution is 5.96. The molecule has 0 heterocycles. The highest BCUT2D eigenvalue weighted by atomic mass is 16.2. The second-order valence-electron chi connectivity index (χ2n) is 7.71. The Labute approximate surface area is 166 Å². The summed E-state index contributed by atoms with van der Waals surface area (Å²) < 4.78 is 0. The summed E-state index contributed by atoms with van der Waals surface area (Å²) in [6, 6.07) is 14.4. The van der Waals surface area contributed by atoms with Crippen molar-refractivity contribution in [3.63, 3.8) is 0 Å². The number of hydrogen-bond acceptors (Lipinski definition) is 2. The summed E-state index contributed by atoms with van der Waals surface area (Å²) >= 11 is 0. The number of carbonyl (C=O) groups excluding carboxylic acids is 2. The van der Waals surface area contributed by atoms with Gasteiger partial charge in [0.2, 0.25) is 5.91 Å². The lowest BCUT2D eigenvalue weighted by molar-refractivity contribution is -0.714. The molecule has 4 N–H and O–H groups in total. The van der Waals surface area contributed by atoms with E-state index in [2.05, 4.69) is 40.2 Å². The number of quaternary nitrogens is 1. The monoisotopic (exact) mass is 380 g/mol. The van der Waals surface area contributed by atoms with Crippen LogP contribution < -0.4 is 16.0 Å². The molecule has 5 nitrogen and oxygen atoms in total. The molecule has 0 fully saturated rings. The summed E-state index contributed by atoms with van der Waals surface area (Å²) in [6.07, 6.45) is 3.33. The molecule has 0 unspecified atom stereocenters. The zero-order valence-corrected chi connectivity index (χ0v) is 16.9. The van der Waals surface area contributed by atoms with Gasteiger partial charge in [-0.15, -0.1) is 0 Å². The molecule has 148 valence electrons. The molecule has 0 spiro atoms. The molecule has 2 atom stereocenters. The average Bonchev–Trinajstić information content (AvgIpc) is 2.69. The van der Waals surface area contributed by atoms with Crippen molar-refractivity contribution in [3.8, 4) is 0 Å². The van der Waals surface area contributed by atoms with E-state index in [-0.39, 0.29) is 24.4 Å². The number of amides is 2. The fraction of sp³-hybridized carbons (Fsp3) is 0.391. The third-order valence-corrected chi connectivity index (χ3v) is 5.52. The van der Waals surface area contributed by atoms with Gasteiger partial charge in [-0.05, 0) is 50.3 Å². The van der Waals surface area contributed by atoms with Crippen LogP contribution in [0.1, 0.15) is 48.1 Å². The molecule has 1 aliphatic carbocycles. The maximum absolute atomic E-state index is 12.5. The van der Waals surface area contributed by atoms with Crippen molar-refractivity contribution < 1.29 is 14.9 Å². The van der Waals surface area contributed by atoms with Crippen molar-refractivity contribution in [2.24, 2.45) is 0 Å². The molecule has 0 aliphatic heterocycles. The third-order valence-electron chi connectivity index (χ3n) is 5.52. The van der Waals surface area contributed by atoms with Gasteiger partial charge in [-0.1, -0.05) is 42.5 Å². The first-order valence-corrected chi connectivity index (χ1v) is 10.0. The normalized spacial score (nSPS) is 16.8. The minimum Gasteiger partial charge on any atom is -0.342 e. The Bertz CT molecular complexity index is 842. The van der Waals surface area contributed by atoms with E-state index in [1.54, 1.807) is 0 Å². The maximum Gasteiger partial charge on any atom is 0.278 e. The standard InChI is InChI=1S/C23H29N3O2/c1-15-8-6-9-16(2)22(15)26-21(27)14-24-23(28)17(3)25-20-13-7-11-18-10-4-5-12-19(18)20/h4-6,8-10,12,17,20,25H,7,11,13-14H2,1-3H3,(H,24,28)(H,26,27)/p+1/t17-,20-/m1/s1. The number of hydrogen-bond donors (Lipinski definition) is 3. The Hall–Kier alpha value is -2.66. The van der Waals surface area contributed by atoms with E-state index in [9.17, 15) is 9.59 Å².